The summed E-state index contributed by atoms with van der Waals surface area (Å²) in [5.74, 6) is 0.453. The third-order valence-electron chi connectivity index (χ3n) is 2.04. The summed E-state index contributed by atoms with van der Waals surface area (Å²) in [6.07, 6.45) is 2.78. The minimum Gasteiger partial charge on any atom is -0.338 e. The summed E-state index contributed by atoms with van der Waals surface area (Å²) in [6, 6.07) is 5.00. The van der Waals surface area contributed by atoms with Gasteiger partial charge in [0.2, 0.25) is 0 Å². The average Bonchev–Trinajstić information content (AvgIpc) is 2.37. The van der Waals surface area contributed by atoms with Gasteiger partial charge in [0.1, 0.15) is 11.9 Å². The number of benzene rings is 1. The lowest BCUT2D eigenvalue weighted by Gasteiger charge is -2.08. The van der Waals surface area contributed by atoms with Gasteiger partial charge in [0, 0.05) is 0 Å². The van der Waals surface area contributed by atoms with Crippen LogP contribution in [0.3, 0.4) is 0 Å². The zero-order valence-corrected chi connectivity index (χ0v) is 11.1. The van der Waals surface area contributed by atoms with Crippen LogP contribution in [0.1, 0.15) is 5.69 Å². The average molecular weight is 300 g/mol. The second kappa shape index (κ2) is 5.40. The molecule has 0 aliphatic rings. The second-order valence-electron chi connectivity index (χ2n) is 3.27. The molecule has 4 nitrogen and oxygen atoms in total. The van der Waals surface area contributed by atoms with Gasteiger partial charge in [0.25, 0.3) is 0 Å². The number of halogens is 3. The molecule has 0 saturated heterocycles. The molecule has 1 aromatic carbocycles. The maximum absolute atomic E-state index is 8.60. The minimum atomic E-state index is 0.237. The molecule has 0 fully saturated rings. The van der Waals surface area contributed by atoms with Crippen molar-refractivity contribution in [2.45, 2.75) is 0 Å². The number of anilines is 2. The number of hydrogen-bond donors (Lipinski definition) is 1. The van der Waals surface area contributed by atoms with Gasteiger partial charge in [-0.1, -0.05) is 34.8 Å². The van der Waals surface area contributed by atoms with Gasteiger partial charge < -0.3 is 5.32 Å². The van der Waals surface area contributed by atoms with Crippen molar-refractivity contribution in [3.05, 3.63) is 45.3 Å². The van der Waals surface area contributed by atoms with Crippen molar-refractivity contribution >= 4 is 46.3 Å². The number of nitrogens with one attached hydrogen (secondary N) is 1. The van der Waals surface area contributed by atoms with E-state index in [4.69, 9.17) is 40.1 Å². The van der Waals surface area contributed by atoms with Crippen molar-refractivity contribution in [3.8, 4) is 6.07 Å². The summed E-state index contributed by atoms with van der Waals surface area (Å²) in [7, 11) is 0. The van der Waals surface area contributed by atoms with Crippen LogP contribution in [0.15, 0.2) is 24.5 Å². The van der Waals surface area contributed by atoms with E-state index in [1.807, 2.05) is 6.07 Å². The number of nitriles is 1. The van der Waals surface area contributed by atoms with Crippen LogP contribution in [0, 0.1) is 11.3 Å². The Kier molecular flexibility index (Phi) is 3.87. The van der Waals surface area contributed by atoms with Crippen LogP contribution in [0.2, 0.25) is 15.1 Å². The summed E-state index contributed by atoms with van der Waals surface area (Å²) < 4.78 is 0. The van der Waals surface area contributed by atoms with Crippen LogP contribution >= 0.6 is 34.8 Å². The van der Waals surface area contributed by atoms with Crippen molar-refractivity contribution in [2.75, 3.05) is 5.32 Å². The zero-order chi connectivity index (χ0) is 13.1. The topological polar surface area (TPSA) is 61.6 Å². The van der Waals surface area contributed by atoms with E-state index in [9.17, 15) is 0 Å². The zero-order valence-electron chi connectivity index (χ0n) is 8.78. The molecule has 1 aromatic heterocycles. The predicted octanol–water partition coefficient (Wildman–Crippen LogP) is 4.05. The van der Waals surface area contributed by atoms with Crippen LogP contribution in [0.5, 0.6) is 0 Å². The Hall–Kier alpha value is -1.54. The Bertz CT molecular complexity index is 619. The lowest BCUT2D eigenvalue weighted by molar-refractivity contribution is 1.16. The van der Waals surface area contributed by atoms with Gasteiger partial charge in [-0.2, -0.15) is 5.26 Å². The van der Waals surface area contributed by atoms with Crippen LogP contribution < -0.4 is 5.32 Å². The highest BCUT2D eigenvalue weighted by Gasteiger charge is 2.07. The fourth-order valence-corrected chi connectivity index (χ4v) is 1.80. The monoisotopic (exact) mass is 298 g/mol. The van der Waals surface area contributed by atoms with E-state index < -0.39 is 0 Å². The maximum Gasteiger partial charge on any atom is 0.158 e. The first-order valence-corrected chi connectivity index (χ1v) is 5.87. The number of hydrogen-bond acceptors (Lipinski definition) is 4. The molecule has 0 saturated carbocycles. The summed E-state index contributed by atoms with van der Waals surface area (Å²) in [5.41, 5.74) is 0.797. The normalized spacial score (nSPS) is 9.89. The van der Waals surface area contributed by atoms with E-state index >= 15 is 0 Å². The Morgan fingerprint density at radius 1 is 1.00 bits per heavy atom. The van der Waals surface area contributed by atoms with E-state index in [0.717, 1.165) is 0 Å². The van der Waals surface area contributed by atoms with Gasteiger partial charge in [-0.25, -0.2) is 9.97 Å². The fraction of sp³-hybridized carbons (Fsp3) is 0. The fourth-order valence-electron chi connectivity index (χ4n) is 1.21. The lowest BCUT2D eigenvalue weighted by Crippen LogP contribution is -1.96. The Morgan fingerprint density at radius 3 is 2.33 bits per heavy atom. The van der Waals surface area contributed by atoms with Gasteiger partial charge in [0.15, 0.2) is 5.69 Å². The molecule has 0 unspecified atom stereocenters. The van der Waals surface area contributed by atoms with Crippen molar-refractivity contribution in [2.24, 2.45) is 0 Å². The largest absolute Gasteiger partial charge is 0.338 e. The summed E-state index contributed by atoms with van der Waals surface area (Å²) in [5, 5.41) is 12.7. The number of aromatic nitrogens is 2. The molecular formula is C11H5Cl3N4. The molecular weight excluding hydrogens is 295 g/mol. The SMILES string of the molecule is N#Cc1cnc(Nc2cc(Cl)c(Cl)cc2Cl)cn1. The second-order valence-corrected chi connectivity index (χ2v) is 4.49. The molecule has 0 atom stereocenters. The quantitative estimate of drug-likeness (QED) is 0.850. The van der Waals surface area contributed by atoms with Crippen LogP contribution in [-0.2, 0) is 0 Å². The Labute approximate surface area is 118 Å². The van der Waals surface area contributed by atoms with Crippen molar-refractivity contribution in [1.82, 2.24) is 9.97 Å². The van der Waals surface area contributed by atoms with E-state index in [0.29, 0.717) is 26.6 Å². The maximum atomic E-state index is 8.60. The molecule has 0 bridgehead atoms. The highest BCUT2D eigenvalue weighted by atomic mass is 35.5. The molecule has 18 heavy (non-hydrogen) atoms. The molecule has 0 radical (unpaired) electrons. The van der Waals surface area contributed by atoms with E-state index in [2.05, 4.69) is 15.3 Å². The van der Waals surface area contributed by atoms with Gasteiger partial charge in [0.05, 0.1) is 33.1 Å². The molecule has 90 valence electrons. The van der Waals surface area contributed by atoms with E-state index in [1.165, 1.54) is 18.5 Å². The number of rotatable bonds is 2. The van der Waals surface area contributed by atoms with Crippen LogP contribution in [0.25, 0.3) is 0 Å². The summed E-state index contributed by atoms with van der Waals surface area (Å²) in [4.78, 5) is 7.88. The predicted molar refractivity (Wildman–Crippen MR) is 71.5 cm³/mol. The molecule has 0 aliphatic carbocycles. The summed E-state index contributed by atoms with van der Waals surface area (Å²) >= 11 is 17.7. The molecule has 1 N–H and O–H groups in total. The highest BCUT2D eigenvalue weighted by Crippen LogP contribution is 2.33. The lowest BCUT2D eigenvalue weighted by atomic mass is 10.3. The standard InChI is InChI=1S/C11H5Cl3N4/c12-7-1-9(14)10(2-8(7)13)18-11-5-16-6(3-15)4-17-11/h1-2,4-5H,(H,17,18). The highest BCUT2D eigenvalue weighted by molar-refractivity contribution is 6.44. The van der Waals surface area contributed by atoms with Crippen LogP contribution in [0.4, 0.5) is 11.5 Å². The molecule has 0 spiro atoms. The van der Waals surface area contributed by atoms with Crippen molar-refractivity contribution in [3.63, 3.8) is 0 Å². The van der Waals surface area contributed by atoms with E-state index in [1.54, 1.807) is 6.07 Å². The molecule has 2 rings (SSSR count). The van der Waals surface area contributed by atoms with Gasteiger partial charge >= 0.3 is 0 Å². The van der Waals surface area contributed by atoms with Gasteiger partial charge in [-0.15, -0.1) is 0 Å². The number of nitrogens with zero attached hydrogens (tertiary/aromatic N) is 3. The first kappa shape index (κ1) is 12.9. The molecule has 7 heteroatoms. The molecule has 0 amide bonds. The first-order valence-electron chi connectivity index (χ1n) is 4.74. The van der Waals surface area contributed by atoms with E-state index in [-0.39, 0.29) is 5.69 Å². The third kappa shape index (κ3) is 2.82. The molecule has 0 aliphatic heterocycles. The molecule has 2 aromatic rings. The Morgan fingerprint density at radius 2 is 1.72 bits per heavy atom. The van der Waals surface area contributed by atoms with Gasteiger partial charge in [-0.3, -0.25) is 0 Å². The third-order valence-corrected chi connectivity index (χ3v) is 3.07. The summed E-state index contributed by atoms with van der Waals surface area (Å²) in [6.45, 7) is 0. The van der Waals surface area contributed by atoms with Crippen molar-refractivity contribution < 1.29 is 0 Å². The first-order chi connectivity index (χ1) is 8.60. The van der Waals surface area contributed by atoms with Crippen molar-refractivity contribution in [1.29, 1.82) is 5.26 Å². The van der Waals surface area contributed by atoms with Crippen LogP contribution in [-0.4, -0.2) is 9.97 Å². The van der Waals surface area contributed by atoms with Gasteiger partial charge in [-0.05, 0) is 12.1 Å². The minimum absolute atomic E-state index is 0.237. The Balaban J connectivity index is 2.28. The smallest absolute Gasteiger partial charge is 0.158 e. The molecule has 1 heterocycles.